The maximum Gasteiger partial charge on any atom is 0.309 e. The summed E-state index contributed by atoms with van der Waals surface area (Å²) in [6, 6.07) is 0. The first kappa shape index (κ1) is 67.5. The molecule has 9 rings (SSSR count). The third kappa shape index (κ3) is 12.9. The van der Waals surface area contributed by atoms with Crippen LogP contribution < -0.4 is 0 Å². The van der Waals surface area contributed by atoms with Crippen LogP contribution in [0.25, 0.3) is 0 Å². The third-order valence-electron chi connectivity index (χ3n) is 22.2. The molecule has 490 valence electrons. The van der Waals surface area contributed by atoms with Crippen LogP contribution >= 0.6 is 0 Å². The molecule has 0 radical (unpaired) electrons. The van der Waals surface area contributed by atoms with E-state index in [1.165, 1.54) is 14.0 Å². The van der Waals surface area contributed by atoms with Crippen LogP contribution in [0.15, 0.2) is 0 Å². The maximum absolute atomic E-state index is 13.1. The van der Waals surface area contributed by atoms with Crippen LogP contribution in [-0.2, 0) is 80.6 Å². The molecule has 24 nitrogen and oxygen atoms in total. The highest BCUT2D eigenvalue weighted by Crippen LogP contribution is 2.71. The Morgan fingerprint density at radius 3 is 1.62 bits per heavy atom. The molecular weight excluding hydrogens is 1120 g/mol. The first-order chi connectivity index (χ1) is 40.2. The Morgan fingerprint density at radius 2 is 1.12 bits per heavy atom. The summed E-state index contributed by atoms with van der Waals surface area (Å²) in [5.41, 5.74) is -4.54. The van der Waals surface area contributed by atoms with Crippen molar-refractivity contribution < 1.29 is 116 Å². The summed E-state index contributed by atoms with van der Waals surface area (Å²) in [6.45, 7) is 17.6. The molecule has 0 aromatic rings. The number of ether oxygens (including phenoxy) is 15. The standard InChI is InChI=1S/C61H102O24/c1-14-28(2)56(68)78-33(7)60(69)19-20-61(70)37-16-15-35-21-36(17-18-58(35,9)38(37)22-44(59(60,61)10)79-34(8)63)80-45-23-39(64)52(29(3)74-45)82-46-24-40(71-11)53(30(4)75-46)83-47-25-41(72-12)54(31(5)76-47)84-48-26-42(73-13)55(32(6)77-48)85-57-51(67)50(66)49(65)43(27-62)81-57/h28-33,35-55,57,62,64-67,69-70H,14-27H2,1-13H3/t28-,29-,30-,31-,32-,33+,35+,36+,37-,38+,39+,40+,41-,42-,43-,44-,45+,46+,47+,48+,49-,50+,51-,52-,53-,54-,55-,57+,58+,59-,60-,61+/m1/s1. The molecular formula is C61H102O24. The number of carbonyl (C=O) groups is 2. The highest BCUT2D eigenvalue weighted by Gasteiger charge is 2.77. The Morgan fingerprint density at radius 1 is 0.600 bits per heavy atom. The topological polar surface area (TPSA) is 314 Å². The number of methoxy groups -OCH3 is 3. The summed E-state index contributed by atoms with van der Waals surface area (Å²) in [5, 5.41) is 78.3. The van der Waals surface area contributed by atoms with E-state index in [9.17, 15) is 45.3 Å². The zero-order chi connectivity index (χ0) is 61.8. The molecule has 0 aromatic carbocycles. The number of fused-ring (bicyclic) bond motifs is 5. The van der Waals surface area contributed by atoms with Crippen LogP contribution in [-0.4, -0.2) is 234 Å². The largest absolute Gasteiger partial charge is 0.462 e. The van der Waals surface area contributed by atoms with Gasteiger partial charge in [0.25, 0.3) is 0 Å². The first-order valence-electron chi connectivity index (χ1n) is 31.5. The van der Waals surface area contributed by atoms with Crippen molar-refractivity contribution in [2.24, 2.45) is 34.5 Å². The molecule has 5 saturated heterocycles. The van der Waals surface area contributed by atoms with Crippen molar-refractivity contribution in [1.82, 2.24) is 0 Å². The molecule has 0 spiro atoms. The van der Waals surface area contributed by atoms with E-state index in [4.69, 9.17) is 71.1 Å². The average Bonchev–Trinajstić information content (AvgIpc) is 1.94. The van der Waals surface area contributed by atoms with E-state index in [1.807, 2.05) is 34.6 Å². The van der Waals surface area contributed by atoms with Crippen molar-refractivity contribution in [3.8, 4) is 0 Å². The lowest BCUT2D eigenvalue weighted by molar-refractivity contribution is -0.358. The molecule has 85 heavy (non-hydrogen) atoms. The lowest BCUT2D eigenvalue weighted by Gasteiger charge is -2.66. The summed E-state index contributed by atoms with van der Waals surface area (Å²) in [4.78, 5) is 25.9. The molecule has 0 aromatic heterocycles. The Kier molecular flexibility index (Phi) is 21.6. The summed E-state index contributed by atoms with van der Waals surface area (Å²) in [7, 11) is 4.70. The quantitative estimate of drug-likeness (QED) is 0.0722. The van der Waals surface area contributed by atoms with Gasteiger partial charge in [-0.25, -0.2) is 0 Å². The van der Waals surface area contributed by atoms with Crippen molar-refractivity contribution >= 4 is 11.9 Å². The van der Waals surface area contributed by atoms with Gasteiger partial charge in [0.15, 0.2) is 31.5 Å². The number of rotatable bonds is 19. The SMILES string of the molecule is CC[C@@H](C)C(=O)O[C@@H](C)[C@]1(O)CC[C@]2(O)[C@@H]3CC[C@H]4C[C@@H](O[C@H]5C[C@H](O)[C@H](O[C@H]6C[C@H](OC)[C@H](O[C@H]7C[C@@H](OC)[C@H](O[C@H]8C[C@@H](OC)[C@H](O[C@@H]9O[C@H](CO)[C@@H](O)[C@H](O)[C@H]9O)[C@@H](C)O8)[C@@H](C)O7)[C@@H](C)O6)[C@@H](C)O5)CC[C@]4(C)[C@H]3C[C@@H](OC(C)=O)[C@]12C. The number of carbonyl (C=O) groups excluding carboxylic acids is 2. The van der Waals surface area contributed by atoms with Crippen LogP contribution in [0.1, 0.15) is 153 Å². The molecule has 32 atom stereocenters. The molecule has 4 saturated carbocycles. The van der Waals surface area contributed by atoms with E-state index in [2.05, 4.69) is 6.92 Å². The van der Waals surface area contributed by atoms with Crippen molar-refractivity contribution in [1.29, 1.82) is 0 Å². The molecule has 0 unspecified atom stereocenters. The van der Waals surface area contributed by atoms with Gasteiger partial charge in [0.1, 0.15) is 66.6 Å². The zero-order valence-corrected chi connectivity index (χ0v) is 52.1. The normalized spacial score (nSPS) is 50.9. The highest BCUT2D eigenvalue weighted by molar-refractivity contribution is 5.72. The van der Waals surface area contributed by atoms with E-state index < -0.39 is 176 Å². The summed E-state index contributed by atoms with van der Waals surface area (Å²) >= 11 is 0. The van der Waals surface area contributed by atoms with Crippen molar-refractivity contribution in [3.05, 3.63) is 0 Å². The Labute approximate surface area is 500 Å². The van der Waals surface area contributed by atoms with Crippen molar-refractivity contribution in [2.75, 3.05) is 27.9 Å². The van der Waals surface area contributed by atoms with Gasteiger partial charge in [-0.1, -0.05) is 27.7 Å². The predicted molar refractivity (Wildman–Crippen MR) is 296 cm³/mol. The average molecular weight is 1220 g/mol. The number of aliphatic hydroxyl groups excluding tert-OH is 5. The molecule has 7 N–H and O–H groups in total. The van der Waals surface area contributed by atoms with Crippen molar-refractivity contribution in [3.63, 3.8) is 0 Å². The smallest absolute Gasteiger partial charge is 0.309 e. The summed E-state index contributed by atoms with van der Waals surface area (Å²) < 4.78 is 93.5. The van der Waals surface area contributed by atoms with E-state index in [0.29, 0.717) is 25.7 Å². The number of hydrogen-bond donors (Lipinski definition) is 7. The zero-order valence-electron chi connectivity index (χ0n) is 52.1. The fraction of sp³-hybridized carbons (Fsp3) is 0.967. The molecule has 9 fully saturated rings. The molecule has 9 aliphatic rings. The van der Waals surface area contributed by atoms with Gasteiger partial charge in [0, 0.05) is 53.9 Å². The lowest BCUT2D eigenvalue weighted by atomic mass is 9.42. The Bertz CT molecular complexity index is 2200. The van der Waals surface area contributed by atoms with Crippen molar-refractivity contribution in [2.45, 2.75) is 311 Å². The Balaban J connectivity index is 0.749. The second-order valence-electron chi connectivity index (χ2n) is 26.8. The van der Waals surface area contributed by atoms with Gasteiger partial charge >= 0.3 is 11.9 Å². The molecule has 0 bridgehead atoms. The highest BCUT2D eigenvalue weighted by atomic mass is 16.8. The van der Waals surface area contributed by atoms with Crippen LogP contribution in [0.3, 0.4) is 0 Å². The van der Waals surface area contributed by atoms with Gasteiger partial charge in [-0.3, -0.25) is 9.59 Å². The van der Waals surface area contributed by atoms with E-state index in [1.54, 1.807) is 35.0 Å². The van der Waals surface area contributed by atoms with Gasteiger partial charge in [0.2, 0.25) is 0 Å². The van der Waals surface area contributed by atoms with Gasteiger partial charge in [0.05, 0.1) is 78.5 Å². The fourth-order valence-corrected chi connectivity index (χ4v) is 16.8. The lowest BCUT2D eigenvalue weighted by Crippen LogP contribution is -2.72. The molecule has 4 aliphatic carbocycles. The van der Waals surface area contributed by atoms with E-state index >= 15 is 0 Å². The van der Waals surface area contributed by atoms with Crippen LogP contribution in [0, 0.1) is 34.5 Å². The first-order valence-corrected chi connectivity index (χ1v) is 31.5. The van der Waals surface area contributed by atoms with Gasteiger partial charge in [-0.15, -0.1) is 0 Å². The summed E-state index contributed by atoms with van der Waals surface area (Å²) in [5.74, 6) is -1.20. The van der Waals surface area contributed by atoms with Crippen LogP contribution in [0.4, 0.5) is 0 Å². The molecule has 24 heteroatoms. The van der Waals surface area contributed by atoms with E-state index in [-0.39, 0.29) is 60.9 Å². The second-order valence-corrected chi connectivity index (χ2v) is 26.8. The number of aliphatic hydroxyl groups is 7. The molecule has 5 aliphatic heterocycles. The Hall–Kier alpha value is -1.86. The molecule has 5 heterocycles. The van der Waals surface area contributed by atoms with Crippen LogP contribution in [0.5, 0.6) is 0 Å². The van der Waals surface area contributed by atoms with E-state index in [0.717, 1.165) is 32.1 Å². The van der Waals surface area contributed by atoms with Gasteiger partial charge in [-0.05, 0) is 116 Å². The third-order valence-corrected chi connectivity index (χ3v) is 22.2. The minimum Gasteiger partial charge on any atom is -0.462 e. The number of hydrogen-bond acceptors (Lipinski definition) is 24. The molecule has 0 amide bonds. The number of esters is 2. The second kappa shape index (κ2) is 27.1. The maximum atomic E-state index is 13.1. The summed E-state index contributed by atoms with van der Waals surface area (Å²) in [6.07, 6.45) is -13.1. The predicted octanol–water partition coefficient (Wildman–Crippen LogP) is 3.07. The van der Waals surface area contributed by atoms with Crippen LogP contribution in [0.2, 0.25) is 0 Å². The van der Waals surface area contributed by atoms with Gasteiger partial charge in [-0.2, -0.15) is 0 Å². The minimum atomic E-state index is -1.63. The minimum absolute atomic E-state index is 0.0112. The monoisotopic (exact) mass is 1220 g/mol. The van der Waals surface area contributed by atoms with Gasteiger partial charge < -0.3 is 107 Å². The fourth-order valence-electron chi connectivity index (χ4n) is 16.8.